The van der Waals surface area contributed by atoms with Crippen molar-refractivity contribution < 1.29 is 9.50 Å². The standard InChI is InChI=1S/C12H14FN3OS/c1-8-15-11(7-18-8)5-16(2)12-9(6-17)3-10(13)4-14-12/h3-4,7,17H,5-6H2,1-2H3. The first-order valence-electron chi connectivity index (χ1n) is 5.47. The number of aliphatic hydroxyl groups excluding tert-OH is 1. The third kappa shape index (κ3) is 2.83. The lowest BCUT2D eigenvalue weighted by molar-refractivity contribution is 0.281. The molecule has 0 fully saturated rings. The van der Waals surface area contributed by atoms with Crippen molar-refractivity contribution >= 4 is 17.2 Å². The Kier molecular flexibility index (Phi) is 3.88. The molecule has 0 atom stereocenters. The summed E-state index contributed by atoms with van der Waals surface area (Å²) in [4.78, 5) is 10.2. The van der Waals surface area contributed by atoms with Gasteiger partial charge in [0.25, 0.3) is 0 Å². The molecule has 1 N–H and O–H groups in total. The average Bonchev–Trinajstić information content (AvgIpc) is 2.74. The van der Waals surface area contributed by atoms with Crippen LogP contribution in [-0.2, 0) is 13.2 Å². The first kappa shape index (κ1) is 12.9. The Bertz CT molecular complexity index is 544. The molecule has 2 aromatic heterocycles. The van der Waals surface area contributed by atoms with Gasteiger partial charge in [0.05, 0.1) is 30.1 Å². The smallest absolute Gasteiger partial charge is 0.142 e. The highest BCUT2D eigenvalue weighted by atomic mass is 32.1. The number of rotatable bonds is 4. The van der Waals surface area contributed by atoms with E-state index in [0.29, 0.717) is 17.9 Å². The van der Waals surface area contributed by atoms with Gasteiger partial charge in [-0.1, -0.05) is 0 Å². The maximum atomic E-state index is 13.0. The van der Waals surface area contributed by atoms with Crippen molar-refractivity contribution in [2.75, 3.05) is 11.9 Å². The highest BCUT2D eigenvalue weighted by Crippen LogP contribution is 2.20. The van der Waals surface area contributed by atoms with Gasteiger partial charge in [-0.2, -0.15) is 0 Å². The van der Waals surface area contributed by atoms with Crippen LogP contribution < -0.4 is 4.90 Å². The van der Waals surface area contributed by atoms with Crippen molar-refractivity contribution in [3.63, 3.8) is 0 Å². The molecular formula is C12H14FN3OS. The molecule has 2 rings (SSSR count). The molecule has 4 nitrogen and oxygen atoms in total. The predicted molar refractivity (Wildman–Crippen MR) is 69.1 cm³/mol. The van der Waals surface area contributed by atoms with Gasteiger partial charge in [0.15, 0.2) is 0 Å². The lowest BCUT2D eigenvalue weighted by Crippen LogP contribution is -2.20. The summed E-state index contributed by atoms with van der Waals surface area (Å²) in [5.41, 5.74) is 1.42. The lowest BCUT2D eigenvalue weighted by Gasteiger charge is -2.19. The van der Waals surface area contributed by atoms with Gasteiger partial charge in [-0.05, 0) is 13.0 Å². The van der Waals surface area contributed by atoms with Gasteiger partial charge < -0.3 is 10.0 Å². The Morgan fingerprint density at radius 1 is 1.50 bits per heavy atom. The van der Waals surface area contributed by atoms with E-state index < -0.39 is 5.82 Å². The largest absolute Gasteiger partial charge is 0.392 e. The third-order valence-electron chi connectivity index (χ3n) is 2.51. The van der Waals surface area contributed by atoms with Crippen LogP contribution in [0.1, 0.15) is 16.3 Å². The summed E-state index contributed by atoms with van der Waals surface area (Å²) in [5, 5.41) is 12.2. The van der Waals surface area contributed by atoms with E-state index in [4.69, 9.17) is 0 Å². The third-order valence-corrected chi connectivity index (χ3v) is 3.33. The van der Waals surface area contributed by atoms with Crippen molar-refractivity contribution in [3.05, 3.63) is 39.7 Å². The van der Waals surface area contributed by atoms with Gasteiger partial charge in [0.2, 0.25) is 0 Å². The first-order valence-corrected chi connectivity index (χ1v) is 6.35. The van der Waals surface area contributed by atoms with Gasteiger partial charge in [-0.3, -0.25) is 0 Å². The highest BCUT2D eigenvalue weighted by molar-refractivity contribution is 7.09. The zero-order chi connectivity index (χ0) is 13.1. The minimum Gasteiger partial charge on any atom is -0.392 e. The Morgan fingerprint density at radius 3 is 2.89 bits per heavy atom. The van der Waals surface area contributed by atoms with Gasteiger partial charge in [-0.15, -0.1) is 11.3 Å². The summed E-state index contributed by atoms with van der Waals surface area (Å²) in [6, 6.07) is 1.30. The summed E-state index contributed by atoms with van der Waals surface area (Å²) >= 11 is 1.59. The van der Waals surface area contributed by atoms with E-state index in [2.05, 4.69) is 9.97 Å². The molecule has 2 heterocycles. The molecular weight excluding hydrogens is 253 g/mol. The highest BCUT2D eigenvalue weighted by Gasteiger charge is 2.11. The molecule has 2 aromatic rings. The van der Waals surface area contributed by atoms with Crippen LogP contribution in [-0.4, -0.2) is 22.1 Å². The number of aryl methyl sites for hydroxylation is 1. The number of pyridine rings is 1. The second kappa shape index (κ2) is 5.41. The Morgan fingerprint density at radius 2 is 2.28 bits per heavy atom. The fourth-order valence-electron chi connectivity index (χ4n) is 1.73. The second-order valence-corrected chi connectivity index (χ2v) is 5.07. The number of aliphatic hydroxyl groups is 1. The number of thiazole rings is 1. The average molecular weight is 267 g/mol. The minimum absolute atomic E-state index is 0.236. The van der Waals surface area contributed by atoms with Crippen molar-refractivity contribution in [1.82, 2.24) is 9.97 Å². The topological polar surface area (TPSA) is 49.2 Å². The molecule has 18 heavy (non-hydrogen) atoms. The van der Waals surface area contributed by atoms with Gasteiger partial charge in [-0.25, -0.2) is 14.4 Å². The van der Waals surface area contributed by atoms with E-state index in [0.717, 1.165) is 16.9 Å². The Labute approximate surface area is 109 Å². The van der Waals surface area contributed by atoms with Crippen LogP contribution in [0.15, 0.2) is 17.6 Å². The normalized spacial score (nSPS) is 10.7. The van der Waals surface area contributed by atoms with E-state index in [-0.39, 0.29) is 6.61 Å². The van der Waals surface area contributed by atoms with Crippen molar-refractivity contribution in [1.29, 1.82) is 0 Å². The van der Waals surface area contributed by atoms with Crippen molar-refractivity contribution in [3.8, 4) is 0 Å². The van der Waals surface area contributed by atoms with Crippen LogP contribution in [0.5, 0.6) is 0 Å². The van der Waals surface area contributed by atoms with E-state index in [1.807, 2.05) is 24.3 Å². The fraction of sp³-hybridized carbons (Fsp3) is 0.333. The number of hydrogen-bond acceptors (Lipinski definition) is 5. The van der Waals surface area contributed by atoms with Gasteiger partial charge in [0.1, 0.15) is 11.6 Å². The lowest BCUT2D eigenvalue weighted by atomic mass is 10.2. The van der Waals surface area contributed by atoms with Crippen molar-refractivity contribution in [2.45, 2.75) is 20.1 Å². The summed E-state index contributed by atoms with van der Waals surface area (Å²) in [5.74, 6) is 0.130. The second-order valence-electron chi connectivity index (χ2n) is 4.01. The summed E-state index contributed by atoms with van der Waals surface area (Å²) < 4.78 is 13.0. The fourth-order valence-corrected chi connectivity index (χ4v) is 2.34. The van der Waals surface area contributed by atoms with Crippen LogP contribution >= 0.6 is 11.3 Å². The molecule has 0 aliphatic carbocycles. The van der Waals surface area contributed by atoms with E-state index in [1.54, 1.807) is 11.3 Å². The maximum absolute atomic E-state index is 13.0. The monoisotopic (exact) mass is 267 g/mol. The van der Waals surface area contributed by atoms with Gasteiger partial charge >= 0.3 is 0 Å². The number of hydrogen-bond donors (Lipinski definition) is 1. The molecule has 0 unspecified atom stereocenters. The van der Waals surface area contributed by atoms with Crippen LogP contribution in [0.4, 0.5) is 10.2 Å². The Balaban J connectivity index is 2.20. The number of halogens is 1. The molecule has 0 aromatic carbocycles. The summed E-state index contributed by atoms with van der Waals surface area (Å²) in [6.07, 6.45) is 1.15. The number of nitrogens with zero attached hydrogens (tertiary/aromatic N) is 3. The zero-order valence-corrected chi connectivity index (χ0v) is 11.0. The molecule has 0 saturated heterocycles. The molecule has 6 heteroatoms. The number of aromatic nitrogens is 2. The molecule has 0 spiro atoms. The summed E-state index contributed by atoms with van der Waals surface area (Å²) in [6.45, 7) is 2.29. The summed E-state index contributed by atoms with van der Waals surface area (Å²) in [7, 11) is 1.84. The SMILES string of the molecule is Cc1nc(CN(C)c2ncc(F)cc2CO)cs1. The molecule has 0 radical (unpaired) electrons. The molecule has 0 bridgehead atoms. The van der Waals surface area contributed by atoms with Crippen LogP contribution in [0.3, 0.4) is 0 Å². The van der Waals surface area contributed by atoms with E-state index >= 15 is 0 Å². The zero-order valence-electron chi connectivity index (χ0n) is 10.2. The van der Waals surface area contributed by atoms with Crippen LogP contribution in [0, 0.1) is 12.7 Å². The maximum Gasteiger partial charge on any atom is 0.142 e. The number of anilines is 1. The van der Waals surface area contributed by atoms with E-state index in [1.165, 1.54) is 6.07 Å². The van der Waals surface area contributed by atoms with Crippen LogP contribution in [0.2, 0.25) is 0 Å². The quantitative estimate of drug-likeness (QED) is 0.921. The van der Waals surface area contributed by atoms with Crippen LogP contribution in [0.25, 0.3) is 0 Å². The molecule has 96 valence electrons. The van der Waals surface area contributed by atoms with E-state index in [9.17, 15) is 9.50 Å². The Hall–Kier alpha value is -1.53. The predicted octanol–water partition coefficient (Wildman–Crippen LogP) is 2.11. The minimum atomic E-state index is -0.444. The molecule has 0 aliphatic heterocycles. The first-order chi connectivity index (χ1) is 8.60. The van der Waals surface area contributed by atoms with Crippen molar-refractivity contribution in [2.24, 2.45) is 0 Å². The molecule has 0 aliphatic rings. The molecule has 0 saturated carbocycles. The molecule has 0 amide bonds. The van der Waals surface area contributed by atoms with Gasteiger partial charge in [0, 0.05) is 18.0 Å².